The van der Waals surface area contributed by atoms with E-state index in [9.17, 15) is 13.2 Å². The van der Waals surface area contributed by atoms with Crippen LogP contribution in [-0.2, 0) is 10.0 Å². The van der Waals surface area contributed by atoms with Gasteiger partial charge in [0, 0.05) is 44.8 Å². The zero-order valence-electron chi connectivity index (χ0n) is 14.8. The second-order valence-corrected chi connectivity index (χ2v) is 8.32. The van der Waals surface area contributed by atoms with E-state index in [0.29, 0.717) is 31.7 Å². The highest BCUT2D eigenvalue weighted by Crippen LogP contribution is 2.23. The molecule has 1 aliphatic heterocycles. The molecule has 0 bridgehead atoms. The Morgan fingerprint density at radius 1 is 1.24 bits per heavy atom. The molecule has 1 aromatic rings. The average molecular weight is 388 g/mol. The minimum absolute atomic E-state index is 0.0428. The van der Waals surface area contributed by atoms with Gasteiger partial charge in [0.05, 0.1) is 5.02 Å². The van der Waals surface area contributed by atoms with Crippen LogP contribution in [-0.4, -0.2) is 63.4 Å². The summed E-state index contributed by atoms with van der Waals surface area (Å²) in [4.78, 5) is 16.5. The van der Waals surface area contributed by atoms with Crippen LogP contribution in [0.15, 0.2) is 23.1 Å². The van der Waals surface area contributed by atoms with Crippen LogP contribution >= 0.6 is 11.6 Å². The molecule has 0 aromatic heterocycles. The first-order valence-corrected chi connectivity index (χ1v) is 10.6. The standard InChI is InChI=1S/C17H26ClN3O3S/c1-3-8-21(9-4-2)17(22)14-5-6-15(18)16(13-14)25(23,24)19-7-10-20-11-12-20/h5-6,13,19H,3-4,7-12H2,1-2H3. The second kappa shape index (κ2) is 8.98. The van der Waals surface area contributed by atoms with E-state index in [1.807, 2.05) is 13.8 Å². The molecule has 0 atom stereocenters. The molecular formula is C17H26ClN3O3S. The molecule has 1 saturated heterocycles. The number of hydrogen-bond acceptors (Lipinski definition) is 4. The molecule has 140 valence electrons. The van der Waals surface area contributed by atoms with Gasteiger partial charge in [-0.05, 0) is 31.0 Å². The van der Waals surface area contributed by atoms with Gasteiger partial charge in [0.15, 0.2) is 0 Å². The fourth-order valence-electron chi connectivity index (χ4n) is 2.59. The maximum absolute atomic E-state index is 12.7. The Morgan fingerprint density at radius 2 is 1.88 bits per heavy atom. The smallest absolute Gasteiger partial charge is 0.253 e. The molecule has 0 saturated carbocycles. The largest absolute Gasteiger partial charge is 0.339 e. The van der Waals surface area contributed by atoms with Gasteiger partial charge in [-0.3, -0.25) is 9.69 Å². The average Bonchev–Trinajstić information content (AvgIpc) is 3.38. The predicted molar refractivity (Wildman–Crippen MR) is 99.6 cm³/mol. The summed E-state index contributed by atoms with van der Waals surface area (Å²) < 4.78 is 27.6. The normalized spacial score (nSPS) is 14.5. The third-order valence-corrected chi connectivity index (χ3v) is 5.94. The third kappa shape index (κ3) is 5.67. The number of benzene rings is 1. The Kier molecular flexibility index (Phi) is 7.25. The van der Waals surface area contributed by atoms with E-state index in [1.54, 1.807) is 11.0 Å². The summed E-state index contributed by atoms with van der Waals surface area (Å²) >= 11 is 6.09. The van der Waals surface area contributed by atoms with Gasteiger partial charge in [0.2, 0.25) is 10.0 Å². The van der Waals surface area contributed by atoms with E-state index < -0.39 is 10.0 Å². The Balaban J connectivity index is 2.18. The van der Waals surface area contributed by atoms with Crippen molar-refractivity contribution in [2.75, 3.05) is 39.3 Å². The van der Waals surface area contributed by atoms with Crippen LogP contribution < -0.4 is 4.72 Å². The van der Waals surface area contributed by atoms with E-state index >= 15 is 0 Å². The molecule has 1 heterocycles. The van der Waals surface area contributed by atoms with Crippen molar-refractivity contribution in [2.24, 2.45) is 0 Å². The minimum atomic E-state index is -3.74. The zero-order chi connectivity index (χ0) is 18.4. The topological polar surface area (TPSA) is 69.5 Å². The first kappa shape index (κ1) is 20.2. The Hall–Kier alpha value is -1.15. The lowest BCUT2D eigenvalue weighted by atomic mass is 10.2. The molecule has 1 aliphatic rings. The Morgan fingerprint density at radius 3 is 2.44 bits per heavy atom. The van der Waals surface area contributed by atoms with Gasteiger partial charge in [0.25, 0.3) is 5.91 Å². The van der Waals surface area contributed by atoms with Gasteiger partial charge >= 0.3 is 0 Å². The number of carbonyl (C=O) groups excluding carboxylic acids is 1. The highest BCUT2D eigenvalue weighted by Gasteiger charge is 2.23. The molecule has 6 nitrogen and oxygen atoms in total. The van der Waals surface area contributed by atoms with Crippen LogP contribution in [0.4, 0.5) is 0 Å². The Bertz CT molecular complexity index is 699. The van der Waals surface area contributed by atoms with Gasteiger partial charge in [-0.25, -0.2) is 13.1 Å². The molecule has 1 fully saturated rings. The van der Waals surface area contributed by atoms with Crippen LogP contribution in [0.25, 0.3) is 0 Å². The molecule has 1 aromatic carbocycles. The quantitative estimate of drug-likeness (QED) is 0.625. The molecule has 0 unspecified atom stereocenters. The van der Waals surface area contributed by atoms with Crippen molar-refractivity contribution in [3.8, 4) is 0 Å². The maximum Gasteiger partial charge on any atom is 0.253 e. The zero-order valence-corrected chi connectivity index (χ0v) is 16.4. The second-order valence-electron chi connectivity index (χ2n) is 6.18. The van der Waals surface area contributed by atoms with Gasteiger partial charge in [-0.2, -0.15) is 0 Å². The maximum atomic E-state index is 12.7. The van der Waals surface area contributed by atoms with Crippen molar-refractivity contribution >= 4 is 27.5 Å². The molecular weight excluding hydrogens is 362 g/mol. The SMILES string of the molecule is CCCN(CCC)C(=O)c1ccc(Cl)c(S(=O)(=O)NCCN2CC2)c1. The van der Waals surface area contributed by atoms with E-state index in [0.717, 1.165) is 25.9 Å². The fraction of sp³-hybridized carbons (Fsp3) is 0.588. The van der Waals surface area contributed by atoms with Gasteiger partial charge in [-0.1, -0.05) is 25.4 Å². The third-order valence-electron chi connectivity index (χ3n) is 4.00. The molecule has 0 radical (unpaired) electrons. The van der Waals surface area contributed by atoms with E-state index in [-0.39, 0.29) is 15.8 Å². The number of nitrogens with one attached hydrogen (secondary N) is 1. The van der Waals surface area contributed by atoms with Gasteiger partial charge in [-0.15, -0.1) is 0 Å². The van der Waals surface area contributed by atoms with Crippen molar-refractivity contribution in [2.45, 2.75) is 31.6 Å². The first-order chi connectivity index (χ1) is 11.9. The van der Waals surface area contributed by atoms with Crippen molar-refractivity contribution in [3.05, 3.63) is 28.8 Å². The van der Waals surface area contributed by atoms with Crippen LogP contribution in [0.2, 0.25) is 5.02 Å². The van der Waals surface area contributed by atoms with Crippen molar-refractivity contribution in [3.63, 3.8) is 0 Å². The van der Waals surface area contributed by atoms with Crippen molar-refractivity contribution in [1.29, 1.82) is 0 Å². The first-order valence-electron chi connectivity index (χ1n) is 8.70. The van der Waals surface area contributed by atoms with Crippen LogP contribution in [0, 0.1) is 0 Å². The molecule has 0 aliphatic carbocycles. The lowest BCUT2D eigenvalue weighted by Gasteiger charge is -2.22. The van der Waals surface area contributed by atoms with Crippen molar-refractivity contribution in [1.82, 2.24) is 14.5 Å². The van der Waals surface area contributed by atoms with E-state index in [4.69, 9.17) is 11.6 Å². The number of rotatable bonds is 10. The number of sulfonamides is 1. The summed E-state index contributed by atoms with van der Waals surface area (Å²) in [5, 5.41) is 0.119. The summed E-state index contributed by atoms with van der Waals surface area (Å²) in [5.74, 6) is -0.166. The minimum Gasteiger partial charge on any atom is -0.339 e. The lowest BCUT2D eigenvalue weighted by Crippen LogP contribution is -2.33. The monoisotopic (exact) mass is 387 g/mol. The van der Waals surface area contributed by atoms with Crippen molar-refractivity contribution < 1.29 is 13.2 Å². The summed E-state index contributed by atoms with van der Waals surface area (Å²) in [5.41, 5.74) is 0.345. The highest BCUT2D eigenvalue weighted by molar-refractivity contribution is 7.89. The molecule has 8 heteroatoms. The number of hydrogen-bond donors (Lipinski definition) is 1. The fourth-order valence-corrected chi connectivity index (χ4v) is 4.13. The number of carbonyl (C=O) groups is 1. The molecule has 1 amide bonds. The van der Waals surface area contributed by atoms with Crippen LogP contribution in [0.3, 0.4) is 0 Å². The molecule has 0 spiro atoms. The molecule has 25 heavy (non-hydrogen) atoms. The molecule has 2 rings (SSSR count). The summed E-state index contributed by atoms with van der Waals surface area (Å²) in [6.07, 6.45) is 1.70. The highest BCUT2D eigenvalue weighted by atomic mass is 35.5. The predicted octanol–water partition coefficient (Wildman–Crippen LogP) is 2.20. The summed E-state index contributed by atoms with van der Waals surface area (Å²) in [6.45, 7) is 8.33. The van der Waals surface area contributed by atoms with Gasteiger partial charge < -0.3 is 4.90 Å². The summed E-state index contributed by atoms with van der Waals surface area (Å²) in [7, 11) is -3.74. The van der Waals surface area contributed by atoms with Crippen LogP contribution in [0.5, 0.6) is 0 Å². The van der Waals surface area contributed by atoms with E-state index in [1.165, 1.54) is 12.1 Å². The number of halogens is 1. The Labute approximate surface area is 155 Å². The lowest BCUT2D eigenvalue weighted by molar-refractivity contribution is 0.0755. The van der Waals surface area contributed by atoms with Gasteiger partial charge in [0.1, 0.15) is 4.90 Å². The van der Waals surface area contributed by atoms with Crippen LogP contribution in [0.1, 0.15) is 37.0 Å². The number of amides is 1. The van der Waals surface area contributed by atoms with E-state index in [2.05, 4.69) is 9.62 Å². The molecule has 1 N–H and O–H groups in total. The summed E-state index contributed by atoms with van der Waals surface area (Å²) in [6, 6.07) is 4.43. The number of nitrogens with zero attached hydrogens (tertiary/aromatic N) is 2.